The predicted octanol–water partition coefficient (Wildman–Crippen LogP) is 14.4. The molecule has 2 nitrogen and oxygen atoms in total. The van der Waals surface area contributed by atoms with Crippen LogP contribution in [0.3, 0.4) is 0 Å². The molecule has 3 heteroatoms. The normalized spacial score (nSPS) is 11.5. The Balaban J connectivity index is 1.22. The summed E-state index contributed by atoms with van der Waals surface area (Å²) in [5.74, 6) is 0. The number of furan rings is 1. The average molecular weight is 670 g/mol. The Labute approximate surface area is 300 Å². The monoisotopic (exact) mass is 669 g/mol. The van der Waals surface area contributed by atoms with Crippen molar-refractivity contribution >= 4 is 70.5 Å². The number of benzene rings is 8. The molecule has 0 amide bonds. The molecular formula is C48H31NOS. The van der Waals surface area contributed by atoms with Crippen molar-refractivity contribution in [1.82, 2.24) is 0 Å². The maximum atomic E-state index is 6.58. The van der Waals surface area contributed by atoms with Crippen molar-refractivity contribution in [3.05, 3.63) is 188 Å². The van der Waals surface area contributed by atoms with Gasteiger partial charge in [0.25, 0.3) is 0 Å². The topological polar surface area (TPSA) is 16.4 Å². The predicted molar refractivity (Wildman–Crippen MR) is 218 cm³/mol. The molecule has 0 fully saturated rings. The van der Waals surface area contributed by atoms with E-state index < -0.39 is 0 Å². The van der Waals surface area contributed by atoms with E-state index in [2.05, 4.69) is 187 Å². The summed E-state index contributed by atoms with van der Waals surface area (Å²) in [6.07, 6.45) is 0. The van der Waals surface area contributed by atoms with Crippen molar-refractivity contribution in [1.29, 1.82) is 0 Å². The summed E-state index contributed by atoms with van der Waals surface area (Å²) in [6.45, 7) is 0. The van der Waals surface area contributed by atoms with Crippen LogP contribution in [-0.4, -0.2) is 0 Å². The van der Waals surface area contributed by atoms with Gasteiger partial charge in [0.05, 0.1) is 0 Å². The second-order valence-corrected chi connectivity index (χ2v) is 14.0. The Bertz CT molecular complexity index is 2850. The molecular weight excluding hydrogens is 639 g/mol. The minimum Gasteiger partial charge on any atom is -0.455 e. The van der Waals surface area contributed by atoms with Crippen molar-refractivity contribution in [3.63, 3.8) is 0 Å². The molecule has 51 heavy (non-hydrogen) atoms. The number of hydrogen-bond donors (Lipinski definition) is 0. The highest BCUT2D eigenvalue weighted by Gasteiger charge is 2.19. The summed E-state index contributed by atoms with van der Waals surface area (Å²) in [7, 11) is 0. The van der Waals surface area contributed by atoms with Gasteiger partial charge in [0.2, 0.25) is 0 Å². The number of fused-ring (bicyclic) bond motifs is 6. The summed E-state index contributed by atoms with van der Waals surface area (Å²) in [4.78, 5) is 2.40. The molecule has 0 aliphatic carbocycles. The first-order chi connectivity index (χ1) is 25.3. The zero-order valence-corrected chi connectivity index (χ0v) is 28.5. The lowest BCUT2D eigenvalue weighted by atomic mass is 9.96. The van der Waals surface area contributed by atoms with Gasteiger partial charge >= 0.3 is 0 Å². The van der Waals surface area contributed by atoms with Gasteiger partial charge in [-0.25, -0.2) is 0 Å². The molecule has 2 heterocycles. The minimum absolute atomic E-state index is 0.899. The van der Waals surface area contributed by atoms with Crippen molar-refractivity contribution in [2.45, 2.75) is 0 Å². The molecule has 0 saturated carbocycles. The molecule has 0 aliphatic heterocycles. The van der Waals surface area contributed by atoms with Crippen molar-refractivity contribution in [2.75, 3.05) is 4.90 Å². The van der Waals surface area contributed by atoms with E-state index in [-0.39, 0.29) is 0 Å². The van der Waals surface area contributed by atoms with Crippen LogP contribution in [0.15, 0.2) is 192 Å². The zero-order chi connectivity index (χ0) is 33.7. The van der Waals surface area contributed by atoms with Gasteiger partial charge < -0.3 is 9.32 Å². The van der Waals surface area contributed by atoms with Crippen molar-refractivity contribution < 1.29 is 4.42 Å². The van der Waals surface area contributed by atoms with Crippen LogP contribution in [0.5, 0.6) is 0 Å². The lowest BCUT2D eigenvalue weighted by Crippen LogP contribution is -2.10. The minimum atomic E-state index is 0.899. The smallest absolute Gasteiger partial charge is 0.143 e. The molecule has 0 radical (unpaired) electrons. The Morgan fingerprint density at radius 1 is 0.353 bits per heavy atom. The van der Waals surface area contributed by atoms with Crippen LogP contribution < -0.4 is 4.90 Å². The molecule has 0 saturated heterocycles. The maximum Gasteiger partial charge on any atom is 0.143 e. The van der Waals surface area contributed by atoms with Gasteiger partial charge in [-0.05, 0) is 88.5 Å². The van der Waals surface area contributed by atoms with E-state index in [1.54, 1.807) is 0 Å². The summed E-state index contributed by atoms with van der Waals surface area (Å²) in [5, 5.41) is 4.81. The molecule has 0 aliphatic rings. The lowest BCUT2D eigenvalue weighted by molar-refractivity contribution is 0.670. The standard InChI is InChI=1S/C48H31NOS/c1-3-12-32(13-4-1)34-22-24-37(25-23-34)49(38-26-27-47-44(31-38)42-17-8-10-21-46(42)51-47)39-29-35(33-14-5-2-6-15-33)28-36(30-39)40-18-11-19-43-41-16-7-9-20-45(41)50-48(40)43/h1-31H. The fraction of sp³-hybridized carbons (Fsp3) is 0. The Morgan fingerprint density at radius 3 is 1.76 bits per heavy atom. The van der Waals surface area contributed by atoms with E-state index in [0.717, 1.165) is 61.3 Å². The van der Waals surface area contributed by atoms with Crippen molar-refractivity contribution in [3.8, 4) is 33.4 Å². The first-order valence-corrected chi connectivity index (χ1v) is 18.1. The number of thiophene rings is 1. The van der Waals surface area contributed by atoms with Gasteiger partial charge in [0.15, 0.2) is 0 Å². The largest absolute Gasteiger partial charge is 0.455 e. The van der Waals surface area contributed by atoms with Gasteiger partial charge in [-0.1, -0.05) is 127 Å². The first kappa shape index (κ1) is 29.5. The maximum absolute atomic E-state index is 6.58. The summed E-state index contributed by atoms with van der Waals surface area (Å²) in [6, 6.07) is 67.5. The molecule has 8 aromatic carbocycles. The molecule has 0 unspecified atom stereocenters. The van der Waals surface area contributed by atoms with Gasteiger partial charge in [-0.3, -0.25) is 0 Å². The van der Waals surface area contributed by atoms with Crippen LogP contribution >= 0.6 is 11.3 Å². The first-order valence-electron chi connectivity index (χ1n) is 17.2. The Hall–Kier alpha value is -6.42. The number of para-hydroxylation sites is 2. The number of nitrogens with zero attached hydrogens (tertiary/aromatic N) is 1. The molecule has 10 rings (SSSR count). The number of rotatable bonds is 6. The van der Waals surface area contributed by atoms with Crippen LogP contribution in [0.4, 0.5) is 17.1 Å². The third kappa shape index (κ3) is 5.18. The van der Waals surface area contributed by atoms with Crippen LogP contribution in [0.25, 0.3) is 75.5 Å². The SMILES string of the molecule is c1ccc(-c2ccc(N(c3cc(-c4ccccc4)cc(-c4cccc5c4oc4ccccc45)c3)c3ccc4sc5ccccc5c4c3)cc2)cc1. The quantitative estimate of drug-likeness (QED) is 0.175. The molecule has 0 N–H and O–H groups in total. The average Bonchev–Trinajstić information content (AvgIpc) is 3.77. The highest BCUT2D eigenvalue weighted by molar-refractivity contribution is 7.25. The number of hydrogen-bond acceptors (Lipinski definition) is 3. The Kier molecular flexibility index (Phi) is 7.04. The summed E-state index contributed by atoms with van der Waals surface area (Å²) >= 11 is 1.85. The van der Waals surface area contributed by atoms with Crippen molar-refractivity contribution in [2.24, 2.45) is 0 Å². The second-order valence-electron chi connectivity index (χ2n) is 12.9. The van der Waals surface area contributed by atoms with Gasteiger partial charge in [-0.15, -0.1) is 11.3 Å². The summed E-state index contributed by atoms with van der Waals surface area (Å²) in [5.41, 5.74) is 11.9. The summed E-state index contributed by atoms with van der Waals surface area (Å²) < 4.78 is 9.16. The van der Waals surface area contributed by atoms with Crippen LogP contribution in [0.1, 0.15) is 0 Å². The fourth-order valence-corrected chi connectivity index (χ4v) is 8.49. The molecule has 240 valence electrons. The second kappa shape index (κ2) is 12.2. The highest BCUT2D eigenvalue weighted by Crippen LogP contribution is 2.44. The molecule has 2 aromatic heterocycles. The highest BCUT2D eigenvalue weighted by atomic mass is 32.1. The van der Waals surface area contributed by atoms with E-state index in [1.807, 2.05) is 17.4 Å². The van der Waals surface area contributed by atoms with Gasteiger partial charge in [-0.2, -0.15) is 0 Å². The number of anilines is 3. The zero-order valence-electron chi connectivity index (χ0n) is 27.7. The Morgan fingerprint density at radius 2 is 0.961 bits per heavy atom. The van der Waals surface area contributed by atoms with Crippen LogP contribution in [-0.2, 0) is 0 Å². The molecule has 10 aromatic rings. The van der Waals surface area contributed by atoms with E-state index in [9.17, 15) is 0 Å². The van der Waals surface area contributed by atoms with E-state index in [4.69, 9.17) is 4.42 Å². The third-order valence-electron chi connectivity index (χ3n) is 9.85. The molecule has 0 atom stereocenters. The van der Waals surface area contributed by atoms with Crippen LogP contribution in [0, 0.1) is 0 Å². The molecule has 0 spiro atoms. The third-order valence-corrected chi connectivity index (χ3v) is 11.0. The molecule has 0 bridgehead atoms. The fourth-order valence-electron chi connectivity index (χ4n) is 7.40. The van der Waals surface area contributed by atoms with Gasteiger partial charge in [0, 0.05) is 53.6 Å². The lowest BCUT2D eigenvalue weighted by Gasteiger charge is -2.27. The van der Waals surface area contributed by atoms with E-state index >= 15 is 0 Å². The van der Waals surface area contributed by atoms with Gasteiger partial charge in [0.1, 0.15) is 11.2 Å². The van der Waals surface area contributed by atoms with E-state index in [1.165, 1.54) is 31.3 Å². The van der Waals surface area contributed by atoms with Crippen LogP contribution in [0.2, 0.25) is 0 Å². The van der Waals surface area contributed by atoms with E-state index in [0.29, 0.717) is 0 Å².